The maximum absolute atomic E-state index is 12.8. The number of carbonyl (C=O) groups is 2. The van der Waals surface area contributed by atoms with Gasteiger partial charge in [-0.15, -0.1) is 11.3 Å². The van der Waals surface area contributed by atoms with Crippen molar-refractivity contribution in [3.05, 3.63) is 57.8 Å². The zero-order valence-corrected chi connectivity index (χ0v) is 17.0. The number of nitrogens with zero attached hydrogens (tertiary/aromatic N) is 2. The number of carbonyl (C=O) groups excluding carboxylic acids is 2. The number of likely N-dealkylation sites (tertiary alicyclic amines) is 1. The van der Waals surface area contributed by atoms with Crippen LogP contribution in [0.1, 0.15) is 51.8 Å². The van der Waals surface area contributed by atoms with Gasteiger partial charge in [0.1, 0.15) is 0 Å². The fourth-order valence-electron chi connectivity index (χ4n) is 3.70. The quantitative estimate of drug-likeness (QED) is 0.674. The lowest BCUT2D eigenvalue weighted by Gasteiger charge is -2.37. The number of amides is 1. The Kier molecular flexibility index (Phi) is 6.80. The van der Waals surface area contributed by atoms with E-state index >= 15 is 0 Å². The minimum Gasteiger partial charge on any atom is -0.337 e. The molecule has 0 unspecified atom stereocenters. The third-order valence-corrected chi connectivity index (χ3v) is 6.36. The van der Waals surface area contributed by atoms with E-state index in [1.165, 1.54) is 23.8 Å². The normalized spacial score (nSPS) is 17.6. The molecule has 0 aliphatic carbocycles. The molecule has 3 rings (SSSR count). The van der Waals surface area contributed by atoms with Crippen LogP contribution in [0.3, 0.4) is 0 Å². The lowest BCUT2D eigenvalue weighted by molar-refractivity contribution is 0.0617. The molecule has 0 radical (unpaired) electrons. The molecule has 5 heteroatoms. The third-order valence-electron chi connectivity index (χ3n) is 5.32. The second-order valence-electron chi connectivity index (χ2n) is 7.36. The predicted molar refractivity (Wildman–Crippen MR) is 111 cm³/mol. The van der Waals surface area contributed by atoms with Gasteiger partial charge in [-0.2, -0.15) is 0 Å². The van der Waals surface area contributed by atoms with Gasteiger partial charge in [-0.25, -0.2) is 0 Å². The summed E-state index contributed by atoms with van der Waals surface area (Å²) in [6.07, 6.45) is 4.40. The number of Topliss-reactive ketones (excluding diaryl/α,β-unsaturated/α-hetero) is 1. The van der Waals surface area contributed by atoms with E-state index in [1.807, 2.05) is 11.9 Å². The number of likely N-dealkylation sites (N-methyl/N-ethyl adjacent to an activating group) is 1. The highest BCUT2D eigenvalue weighted by atomic mass is 32.1. The fourth-order valence-corrected chi connectivity index (χ4v) is 4.49. The maximum Gasteiger partial charge on any atom is 0.254 e. The number of aryl methyl sites for hydroxylation is 1. The number of hydrogen-bond donors (Lipinski definition) is 0. The fraction of sp³-hybridized carbons (Fsp3) is 0.455. The van der Waals surface area contributed by atoms with Crippen LogP contribution in [0, 0.1) is 0 Å². The summed E-state index contributed by atoms with van der Waals surface area (Å²) >= 11 is 1.35. The van der Waals surface area contributed by atoms with Crippen molar-refractivity contribution in [2.75, 3.05) is 26.7 Å². The smallest absolute Gasteiger partial charge is 0.254 e. The molecule has 144 valence electrons. The topological polar surface area (TPSA) is 40.6 Å². The summed E-state index contributed by atoms with van der Waals surface area (Å²) in [5.41, 5.74) is 2.02. The summed E-state index contributed by atoms with van der Waals surface area (Å²) in [4.78, 5) is 29.3. The lowest BCUT2D eigenvalue weighted by atomic mass is 10.0. The molecule has 1 aliphatic rings. The van der Waals surface area contributed by atoms with Crippen LogP contribution in [-0.4, -0.2) is 54.2 Å². The molecule has 2 aromatic rings. The molecule has 4 nitrogen and oxygen atoms in total. The molecule has 1 saturated heterocycles. The number of benzene rings is 1. The second-order valence-corrected chi connectivity index (χ2v) is 8.27. The first kappa shape index (κ1) is 19.8. The molecule has 27 heavy (non-hydrogen) atoms. The second kappa shape index (κ2) is 9.29. The molecule has 2 heterocycles. The molecule has 1 fully saturated rings. The molecule has 1 amide bonds. The Morgan fingerprint density at radius 2 is 2.04 bits per heavy atom. The van der Waals surface area contributed by atoms with E-state index in [0.29, 0.717) is 10.4 Å². The summed E-state index contributed by atoms with van der Waals surface area (Å²) in [6.45, 7) is 4.65. The van der Waals surface area contributed by atoms with Gasteiger partial charge < -0.3 is 9.80 Å². The summed E-state index contributed by atoms with van der Waals surface area (Å²) < 4.78 is 0. The molecular formula is C22H28N2O2S. The van der Waals surface area contributed by atoms with Crippen molar-refractivity contribution in [1.82, 2.24) is 9.80 Å². The lowest BCUT2D eigenvalue weighted by Crippen LogP contribution is -2.48. The Morgan fingerprint density at radius 3 is 2.74 bits per heavy atom. The van der Waals surface area contributed by atoms with E-state index in [0.717, 1.165) is 45.3 Å². The number of thiophene rings is 1. The molecule has 0 spiro atoms. The molecular weight excluding hydrogens is 356 g/mol. The average molecular weight is 385 g/mol. The Balaban J connectivity index is 1.51. The van der Waals surface area contributed by atoms with Gasteiger partial charge in [0, 0.05) is 25.0 Å². The van der Waals surface area contributed by atoms with Crippen LogP contribution in [0.25, 0.3) is 0 Å². The van der Waals surface area contributed by atoms with E-state index in [2.05, 4.69) is 35.2 Å². The minimum atomic E-state index is 0.0176. The SMILES string of the molecule is CC(=O)c1cc(C(=O)N(C)[C@H]2CCCN(CCCc3ccccc3)C2)cs1. The van der Waals surface area contributed by atoms with Gasteiger partial charge in [0.15, 0.2) is 5.78 Å². The number of rotatable bonds is 7. The Bertz CT molecular complexity index is 772. The zero-order chi connectivity index (χ0) is 19.2. The zero-order valence-electron chi connectivity index (χ0n) is 16.2. The van der Waals surface area contributed by atoms with Gasteiger partial charge in [-0.05, 0) is 57.3 Å². The van der Waals surface area contributed by atoms with Gasteiger partial charge in [-0.1, -0.05) is 30.3 Å². The van der Waals surface area contributed by atoms with Crippen molar-refractivity contribution in [2.24, 2.45) is 0 Å². The largest absolute Gasteiger partial charge is 0.337 e. The number of ketones is 1. The van der Waals surface area contributed by atoms with Crippen molar-refractivity contribution in [3.63, 3.8) is 0 Å². The monoisotopic (exact) mass is 384 g/mol. The number of piperidine rings is 1. The standard InChI is InChI=1S/C22H28N2O2S/c1-17(25)21-14-19(16-27-21)22(26)23(2)20-11-7-13-24(15-20)12-6-10-18-8-4-3-5-9-18/h3-5,8-9,14,16,20H,6-7,10-13,15H2,1-2H3/t20-/m0/s1. The van der Waals surface area contributed by atoms with Crippen molar-refractivity contribution >= 4 is 23.0 Å². The molecule has 1 atom stereocenters. The highest BCUT2D eigenvalue weighted by Crippen LogP contribution is 2.21. The Hall–Kier alpha value is -1.98. The van der Waals surface area contributed by atoms with Crippen LogP contribution in [-0.2, 0) is 6.42 Å². The summed E-state index contributed by atoms with van der Waals surface area (Å²) in [6, 6.07) is 12.6. The molecule has 1 aliphatic heterocycles. The molecule has 1 aromatic carbocycles. The number of hydrogen-bond acceptors (Lipinski definition) is 4. The Morgan fingerprint density at radius 1 is 1.26 bits per heavy atom. The van der Waals surface area contributed by atoms with Gasteiger partial charge in [0.25, 0.3) is 5.91 Å². The van der Waals surface area contributed by atoms with Crippen LogP contribution in [0.2, 0.25) is 0 Å². The van der Waals surface area contributed by atoms with Crippen molar-refractivity contribution in [2.45, 2.75) is 38.6 Å². The van der Waals surface area contributed by atoms with Crippen molar-refractivity contribution in [1.29, 1.82) is 0 Å². The average Bonchev–Trinajstić information content (AvgIpc) is 3.18. The summed E-state index contributed by atoms with van der Waals surface area (Å²) in [5.74, 6) is 0.0406. The summed E-state index contributed by atoms with van der Waals surface area (Å²) in [5, 5.41) is 1.80. The van der Waals surface area contributed by atoms with Crippen molar-refractivity contribution in [3.8, 4) is 0 Å². The van der Waals surface area contributed by atoms with E-state index < -0.39 is 0 Å². The van der Waals surface area contributed by atoms with Gasteiger partial charge in [0.05, 0.1) is 10.4 Å². The van der Waals surface area contributed by atoms with E-state index in [4.69, 9.17) is 0 Å². The van der Waals surface area contributed by atoms with Crippen LogP contribution in [0.5, 0.6) is 0 Å². The van der Waals surface area contributed by atoms with Gasteiger partial charge in [-0.3, -0.25) is 9.59 Å². The van der Waals surface area contributed by atoms with E-state index in [9.17, 15) is 9.59 Å². The first-order valence-corrected chi connectivity index (χ1v) is 10.6. The maximum atomic E-state index is 12.8. The van der Waals surface area contributed by atoms with Crippen molar-refractivity contribution < 1.29 is 9.59 Å². The summed E-state index contributed by atoms with van der Waals surface area (Å²) in [7, 11) is 1.89. The highest BCUT2D eigenvalue weighted by Gasteiger charge is 2.27. The van der Waals surface area contributed by atoms with Crippen LogP contribution >= 0.6 is 11.3 Å². The van der Waals surface area contributed by atoms with Crippen LogP contribution in [0.4, 0.5) is 0 Å². The van der Waals surface area contributed by atoms with E-state index in [-0.39, 0.29) is 17.7 Å². The van der Waals surface area contributed by atoms with Crippen LogP contribution < -0.4 is 0 Å². The predicted octanol–water partition coefficient (Wildman–Crippen LogP) is 4.12. The van der Waals surface area contributed by atoms with E-state index in [1.54, 1.807) is 11.4 Å². The highest BCUT2D eigenvalue weighted by molar-refractivity contribution is 7.12. The minimum absolute atomic E-state index is 0.0176. The molecule has 0 bridgehead atoms. The van der Waals surface area contributed by atoms with Gasteiger partial charge in [0.2, 0.25) is 0 Å². The molecule has 1 aromatic heterocycles. The first-order chi connectivity index (χ1) is 13.0. The van der Waals surface area contributed by atoms with Gasteiger partial charge >= 0.3 is 0 Å². The first-order valence-electron chi connectivity index (χ1n) is 9.67. The third kappa shape index (κ3) is 5.27. The Labute approximate surface area is 165 Å². The molecule has 0 saturated carbocycles. The molecule has 0 N–H and O–H groups in total. The van der Waals surface area contributed by atoms with Crippen LogP contribution in [0.15, 0.2) is 41.8 Å².